The van der Waals surface area contributed by atoms with Gasteiger partial charge in [0.1, 0.15) is 5.75 Å². The van der Waals surface area contributed by atoms with Crippen LogP contribution in [0, 0.1) is 13.8 Å². The van der Waals surface area contributed by atoms with Crippen LogP contribution in [0.15, 0.2) is 46.5 Å². The molecule has 1 heterocycles. The first-order valence-corrected chi connectivity index (χ1v) is 8.67. The zero-order chi connectivity index (χ0) is 18.7. The quantitative estimate of drug-likeness (QED) is 0.592. The molecule has 0 spiro atoms. The van der Waals surface area contributed by atoms with Gasteiger partial charge in [0.2, 0.25) is 0 Å². The van der Waals surface area contributed by atoms with Gasteiger partial charge in [0.15, 0.2) is 6.10 Å². The molecule has 0 saturated carbocycles. The highest BCUT2D eigenvalue weighted by Crippen LogP contribution is 2.38. The summed E-state index contributed by atoms with van der Waals surface area (Å²) < 4.78 is 5.61. The number of ether oxygens (including phenoxy) is 1. The predicted molar refractivity (Wildman–Crippen MR) is 106 cm³/mol. The maximum absolute atomic E-state index is 5.76. The largest absolute Gasteiger partial charge is 0.496 e. The lowest BCUT2D eigenvalue weighted by Crippen LogP contribution is -2.07. The summed E-state index contributed by atoms with van der Waals surface area (Å²) in [6.45, 7) is 4.14. The third kappa shape index (κ3) is 3.72. The van der Waals surface area contributed by atoms with E-state index < -0.39 is 0 Å². The SMILES string of the molecule is COc1cc(/N=C\N(C)C)c(C)cc1C1CC(c2ccccc2C)=NO1. The molecule has 1 aliphatic rings. The van der Waals surface area contributed by atoms with E-state index in [1.165, 1.54) is 5.56 Å². The zero-order valence-corrected chi connectivity index (χ0v) is 16.0. The van der Waals surface area contributed by atoms with E-state index in [1.807, 2.05) is 44.1 Å². The van der Waals surface area contributed by atoms with Crippen LogP contribution in [0.5, 0.6) is 5.75 Å². The number of hydrogen-bond donors (Lipinski definition) is 0. The van der Waals surface area contributed by atoms with Gasteiger partial charge >= 0.3 is 0 Å². The molecule has 5 nitrogen and oxygen atoms in total. The van der Waals surface area contributed by atoms with E-state index in [0.29, 0.717) is 0 Å². The Kier molecular flexibility index (Phi) is 5.26. The van der Waals surface area contributed by atoms with Gasteiger partial charge in [-0.3, -0.25) is 0 Å². The average Bonchev–Trinajstić information content (AvgIpc) is 3.10. The molecular weight excluding hydrogens is 326 g/mol. The van der Waals surface area contributed by atoms with Crippen molar-refractivity contribution in [2.75, 3.05) is 21.2 Å². The Balaban J connectivity index is 1.87. The Labute approximate surface area is 154 Å². The Morgan fingerprint density at radius 3 is 2.65 bits per heavy atom. The second-order valence-corrected chi connectivity index (χ2v) is 6.74. The number of methoxy groups -OCH3 is 1. The maximum Gasteiger partial charge on any atom is 0.161 e. The van der Waals surface area contributed by atoms with Crippen LogP contribution < -0.4 is 4.74 Å². The molecule has 2 aromatic rings. The topological polar surface area (TPSA) is 46.4 Å². The molecule has 0 aliphatic carbocycles. The van der Waals surface area contributed by atoms with Crippen LogP contribution in [0.1, 0.15) is 34.8 Å². The van der Waals surface area contributed by atoms with E-state index >= 15 is 0 Å². The number of oxime groups is 1. The monoisotopic (exact) mass is 351 g/mol. The van der Waals surface area contributed by atoms with Crippen LogP contribution in [-0.2, 0) is 4.84 Å². The molecule has 2 aromatic carbocycles. The first-order chi connectivity index (χ1) is 12.5. The van der Waals surface area contributed by atoms with Gasteiger partial charge in [0, 0.05) is 37.7 Å². The molecule has 0 N–H and O–H groups in total. The van der Waals surface area contributed by atoms with Gasteiger partial charge in [-0.25, -0.2) is 4.99 Å². The summed E-state index contributed by atoms with van der Waals surface area (Å²) in [6, 6.07) is 12.3. The normalized spacial score (nSPS) is 16.5. The molecule has 0 aromatic heterocycles. The zero-order valence-electron chi connectivity index (χ0n) is 16.0. The summed E-state index contributed by atoms with van der Waals surface area (Å²) in [7, 11) is 5.56. The first-order valence-electron chi connectivity index (χ1n) is 8.67. The lowest BCUT2D eigenvalue weighted by atomic mass is 9.96. The van der Waals surface area contributed by atoms with Crippen molar-refractivity contribution in [3.63, 3.8) is 0 Å². The Morgan fingerprint density at radius 1 is 1.19 bits per heavy atom. The fourth-order valence-electron chi connectivity index (χ4n) is 3.04. The van der Waals surface area contributed by atoms with Gasteiger partial charge in [-0.05, 0) is 31.0 Å². The highest BCUT2D eigenvalue weighted by atomic mass is 16.6. The number of benzene rings is 2. The Hall–Kier alpha value is -2.82. The highest BCUT2D eigenvalue weighted by molar-refractivity contribution is 6.02. The number of hydrogen-bond acceptors (Lipinski definition) is 4. The Bertz CT molecular complexity index is 856. The molecule has 26 heavy (non-hydrogen) atoms. The highest BCUT2D eigenvalue weighted by Gasteiger charge is 2.27. The van der Waals surface area contributed by atoms with Crippen LogP contribution in [0.25, 0.3) is 0 Å². The van der Waals surface area contributed by atoms with Crippen molar-refractivity contribution in [3.05, 3.63) is 58.7 Å². The summed E-state index contributed by atoms with van der Waals surface area (Å²) in [5, 5.41) is 4.34. The van der Waals surface area contributed by atoms with E-state index in [2.05, 4.69) is 35.3 Å². The van der Waals surface area contributed by atoms with Crippen molar-refractivity contribution in [1.29, 1.82) is 0 Å². The van der Waals surface area contributed by atoms with Gasteiger partial charge in [-0.2, -0.15) is 0 Å². The first kappa shape index (κ1) is 18.0. The molecule has 1 aliphatic heterocycles. The van der Waals surface area contributed by atoms with Crippen LogP contribution in [0.2, 0.25) is 0 Å². The van der Waals surface area contributed by atoms with Crippen LogP contribution in [-0.4, -0.2) is 38.2 Å². The van der Waals surface area contributed by atoms with Crippen LogP contribution in [0.3, 0.4) is 0 Å². The number of nitrogens with zero attached hydrogens (tertiary/aromatic N) is 3. The van der Waals surface area contributed by atoms with Gasteiger partial charge in [0.25, 0.3) is 0 Å². The molecule has 3 rings (SSSR count). The molecule has 0 amide bonds. The van der Waals surface area contributed by atoms with Crippen LogP contribution >= 0.6 is 0 Å². The molecule has 0 bridgehead atoms. The predicted octanol–water partition coefficient (Wildman–Crippen LogP) is 4.40. The molecular formula is C21H25N3O2. The third-order valence-corrected chi connectivity index (χ3v) is 4.45. The minimum absolute atomic E-state index is 0.148. The minimum Gasteiger partial charge on any atom is -0.496 e. The van der Waals surface area contributed by atoms with Crippen molar-refractivity contribution >= 4 is 17.7 Å². The maximum atomic E-state index is 5.76. The lowest BCUT2D eigenvalue weighted by Gasteiger charge is -2.16. The van der Waals surface area contributed by atoms with E-state index in [0.717, 1.165) is 40.3 Å². The van der Waals surface area contributed by atoms with Crippen molar-refractivity contribution < 1.29 is 9.57 Å². The smallest absolute Gasteiger partial charge is 0.161 e. The van der Waals surface area contributed by atoms with E-state index in [1.54, 1.807) is 13.4 Å². The Morgan fingerprint density at radius 2 is 1.96 bits per heavy atom. The summed E-state index contributed by atoms with van der Waals surface area (Å²) in [6.07, 6.45) is 2.36. The average molecular weight is 351 g/mol. The number of rotatable bonds is 5. The second kappa shape index (κ2) is 7.60. The minimum atomic E-state index is -0.148. The number of aryl methyl sites for hydroxylation is 2. The van der Waals surface area contributed by atoms with Crippen LogP contribution in [0.4, 0.5) is 5.69 Å². The van der Waals surface area contributed by atoms with E-state index in [9.17, 15) is 0 Å². The van der Waals surface area contributed by atoms with Crippen molar-refractivity contribution in [2.45, 2.75) is 26.4 Å². The van der Waals surface area contributed by atoms with Gasteiger partial charge < -0.3 is 14.5 Å². The fourth-order valence-corrected chi connectivity index (χ4v) is 3.04. The summed E-state index contributed by atoms with van der Waals surface area (Å²) >= 11 is 0. The van der Waals surface area contributed by atoms with E-state index in [4.69, 9.17) is 9.57 Å². The second-order valence-electron chi connectivity index (χ2n) is 6.74. The van der Waals surface area contributed by atoms with Gasteiger partial charge in [0.05, 0.1) is 24.8 Å². The molecule has 0 radical (unpaired) electrons. The van der Waals surface area contributed by atoms with Gasteiger partial charge in [-0.15, -0.1) is 0 Å². The van der Waals surface area contributed by atoms with Crippen molar-refractivity contribution in [2.24, 2.45) is 10.1 Å². The molecule has 5 heteroatoms. The summed E-state index contributed by atoms with van der Waals surface area (Å²) in [5.74, 6) is 0.771. The third-order valence-electron chi connectivity index (χ3n) is 4.45. The van der Waals surface area contributed by atoms with E-state index in [-0.39, 0.29) is 6.10 Å². The molecule has 0 saturated heterocycles. The lowest BCUT2D eigenvalue weighted by molar-refractivity contribution is 0.0836. The molecule has 1 unspecified atom stereocenters. The standard InChI is InChI=1S/C21H25N3O2/c1-14-8-6-7-9-16(14)19-12-21(26-23-19)17-10-15(2)18(11-20(17)25-5)22-13-24(3)4/h6-11,13,21H,12H2,1-5H3/b22-13-. The fraction of sp³-hybridized carbons (Fsp3) is 0.333. The molecule has 1 atom stereocenters. The molecule has 0 fully saturated rings. The summed E-state index contributed by atoms with van der Waals surface area (Å²) in [4.78, 5) is 12.2. The molecule has 136 valence electrons. The summed E-state index contributed by atoms with van der Waals surface area (Å²) in [5.41, 5.74) is 6.28. The number of aliphatic imine (C=N–C) groups is 1. The van der Waals surface area contributed by atoms with Crippen molar-refractivity contribution in [3.8, 4) is 5.75 Å². The van der Waals surface area contributed by atoms with Crippen molar-refractivity contribution in [1.82, 2.24) is 4.90 Å². The van der Waals surface area contributed by atoms with Gasteiger partial charge in [-0.1, -0.05) is 29.4 Å².